The predicted molar refractivity (Wildman–Crippen MR) is 100 cm³/mol. The Labute approximate surface area is 158 Å². The minimum absolute atomic E-state index is 0.0982. The van der Waals surface area contributed by atoms with E-state index in [4.69, 9.17) is 9.47 Å². The Hall–Kier alpha value is -3.02. The Morgan fingerprint density at radius 1 is 1.00 bits per heavy atom. The molecule has 27 heavy (non-hydrogen) atoms. The average molecular weight is 369 g/mol. The third kappa shape index (κ3) is 3.89. The van der Waals surface area contributed by atoms with Gasteiger partial charge in [-0.2, -0.15) is 0 Å². The fraction of sp³-hybridized carbons (Fsp3) is 0.333. The van der Waals surface area contributed by atoms with Gasteiger partial charge in [-0.1, -0.05) is 36.4 Å². The number of likely N-dealkylation sites (tertiary alicyclic amines) is 1. The van der Waals surface area contributed by atoms with E-state index in [-0.39, 0.29) is 24.8 Å². The van der Waals surface area contributed by atoms with Crippen LogP contribution in [0.2, 0.25) is 0 Å². The number of carbonyl (C=O) groups is 2. The van der Waals surface area contributed by atoms with Gasteiger partial charge in [0.15, 0.2) is 0 Å². The van der Waals surface area contributed by atoms with Crippen LogP contribution in [0.25, 0.3) is 0 Å². The van der Waals surface area contributed by atoms with Gasteiger partial charge >= 0.3 is 5.97 Å². The Balaban J connectivity index is 1.81. The SMILES string of the molecule is COc1cccc(OC)c1CC(=O)N1CC(C(=O)O)C(c2ccccc2)C1. The summed E-state index contributed by atoms with van der Waals surface area (Å²) in [4.78, 5) is 26.3. The Kier molecular flexibility index (Phi) is 5.64. The molecule has 2 aromatic rings. The third-order valence-electron chi connectivity index (χ3n) is 5.08. The quantitative estimate of drug-likeness (QED) is 0.847. The van der Waals surface area contributed by atoms with E-state index in [1.54, 1.807) is 37.3 Å². The molecule has 0 aliphatic carbocycles. The average Bonchev–Trinajstić information content (AvgIpc) is 3.15. The van der Waals surface area contributed by atoms with Crippen molar-refractivity contribution in [3.63, 3.8) is 0 Å². The van der Waals surface area contributed by atoms with Gasteiger partial charge in [0.2, 0.25) is 5.91 Å². The van der Waals surface area contributed by atoms with E-state index in [1.165, 1.54) is 0 Å². The van der Waals surface area contributed by atoms with Gasteiger partial charge < -0.3 is 19.5 Å². The maximum absolute atomic E-state index is 12.9. The van der Waals surface area contributed by atoms with Crippen LogP contribution in [0.5, 0.6) is 11.5 Å². The van der Waals surface area contributed by atoms with Gasteiger partial charge in [0, 0.05) is 24.6 Å². The van der Waals surface area contributed by atoms with Crippen LogP contribution < -0.4 is 9.47 Å². The Bertz CT molecular complexity index is 798. The highest BCUT2D eigenvalue weighted by Gasteiger charge is 2.40. The molecule has 0 spiro atoms. The minimum Gasteiger partial charge on any atom is -0.496 e. The van der Waals surface area contributed by atoms with Crippen molar-refractivity contribution in [2.45, 2.75) is 12.3 Å². The summed E-state index contributed by atoms with van der Waals surface area (Å²) in [6.45, 7) is 0.586. The van der Waals surface area contributed by atoms with E-state index < -0.39 is 11.9 Å². The standard InChI is InChI=1S/C21H23NO5/c1-26-18-9-6-10-19(27-2)15(18)11-20(23)22-12-16(17(13-22)21(24)25)14-7-4-3-5-8-14/h3-10,16-17H,11-13H2,1-2H3,(H,24,25). The molecule has 2 unspecified atom stereocenters. The van der Waals surface area contributed by atoms with E-state index in [0.29, 0.717) is 23.6 Å². The number of ether oxygens (including phenoxy) is 2. The van der Waals surface area contributed by atoms with Crippen molar-refractivity contribution in [1.29, 1.82) is 0 Å². The zero-order valence-electron chi connectivity index (χ0n) is 15.4. The van der Waals surface area contributed by atoms with Gasteiger partial charge in [0.1, 0.15) is 11.5 Å². The van der Waals surface area contributed by atoms with Crippen LogP contribution in [0.1, 0.15) is 17.0 Å². The summed E-state index contributed by atoms with van der Waals surface area (Å²) < 4.78 is 10.7. The lowest BCUT2D eigenvalue weighted by molar-refractivity contribution is -0.141. The zero-order valence-corrected chi connectivity index (χ0v) is 15.4. The molecule has 2 aromatic carbocycles. The Morgan fingerprint density at radius 3 is 2.19 bits per heavy atom. The molecule has 1 N–H and O–H groups in total. The lowest BCUT2D eigenvalue weighted by Gasteiger charge is -2.19. The van der Waals surface area contributed by atoms with Crippen LogP contribution in [-0.2, 0) is 16.0 Å². The molecule has 3 rings (SSSR count). The van der Waals surface area contributed by atoms with Gasteiger partial charge in [-0.3, -0.25) is 9.59 Å². The molecule has 1 aliphatic heterocycles. The number of amides is 1. The monoisotopic (exact) mass is 369 g/mol. The number of carboxylic acid groups (broad SMARTS) is 1. The molecule has 0 radical (unpaired) electrons. The molecular weight excluding hydrogens is 346 g/mol. The molecule has 142 valence electrons. The first kappa shape index (κ1) is 18.8. The number of carboxylic acids is 1. The van der Waals surface area contributed by atoms with Crippen LogP contribution in [-0.4, -0.2) is 49.2 Å². The van der Waals surface area contributed by atoms with E-state index in [1.807, 2.05) is 30.3 Å². The number of aliphatic carboxylic acids is 1. The number of hydrogen-bond acceptors (Lipinski definition) is 4. The van der Waals surface area contributed by atoms with Gasteiger partial charge in [-0.25, -0.2) is 0 Å². The van der Waals surface area contributed by atoms with Gasteiger partial charge in [0.25, 0.3) is 0 Å². The fourth-order valence-electron chi connectivity index (χ4n) is 3.66. The van der Waals surface area contributed by atoms with Crippen LogP contribution in [0.4, 0.5) is 0 Å². The lowest BCUT2D eigenvalue weighted by Crippen LogP contribution is -2.31. The smallest absolute Gasteiger partial charge is 0.308 e. The van der Waals surface area contributed by atoms with Crippen LogP contribution >= 0.6 is 0 Å². The van der Waals surface area contributed by atoms with Gasteiger partial charge in [-0.05, 0) is 17.7 Å². The maximum atomic E-state index is 12.9. The van der Waals surface area contributed by atoms with E-state index >= 15 is 0 Å². The predicted octanol–water partition coefficient (Wildman–Crippen LogP) is 2.57. The highest BCUT2D eigenvalue weighted by molar-refractivity contribution is 5.82. The van der Waals surface area contributed by atoms with Crippen LogP contribution in [0, 0.1) is 5.92 Å². The van der Waals surface area contributed by atoms with Crippen molar-refractivity contribution in [1.82, 2.24) is 4.90 Å². The molecular formula is C21H23NO5. The van der Waals surface area contributed by atoms with Crippen molar-refractivity contribution >= 4 is 11.9 Å². The number of rotatable bonds is 6. The first-order chi connectivity index (χ1) is 13.0. The second-order valence-corrected chi connectivity index (χ2v) is 6.58. The van der Waals surface area contributed by atoms with Crippen LogP contribution in [0.3, 0.4) is 0 Å². The van der Waals surface area contributed by atoms with E-state index in [9.17, 15) is 14.7 Å². The number of benzene rings is 2. The molecule has 0 aromatic heterocycles. The van der Waals surface area contributed by atoms with Crippen molar-refractivity contribution in [2.75, 3.05) is 27.3 Å². The highest BCUT2D eigenvalue weighted by Crippen LogP contribution is 2.34. The first-order valence-corrected chi connectivity index (χ1v) is 8.80. The molecule has 1 saturated heterocycles. The molecule has 0 saturated carbocycles. The maximum Gasteiger partial charge on any atom is 0.308 e. The first-order valence-electron chi connectivity index (χ1n) is 8.80. The Morgan fingerprint density at radius 2 is 1.63 bits per heavy atom. The zero-order chi connectivity index (χ0) is 19.4. The molecule has 0 bridgehead atoms. The summed E-state index contributed by atoms with van der Waals surface area (Å²) >= 11 is 0. The molecule has 1 fully saturated rings. The number of carbonyl (C=O) groups excluding carboxylic acids is 1. The van der Waals surface area contributed by atoms with E-state index in [2.05, 4.69) is 0 Å². The number of methoxy groups -OCH3 is 2. The summed E-state index contributed by atoms with van der Waals surface area (Å²) in [6.07, 6.45) is 0.0982. The number of nitrogens with zero attached hydrogens (tertiary/aromatic N) is 1. The minimum atomic E-state index is -0.881. The van der Waals surface area contributed by atoms with Gasteiger partial charge in [0.05, 0.1) is 26.6 Å². The summed E-state index contributed by atoms with van der Waals surface area (Å²) in [7, 11) is 3.09. The molecule has 6 nitrogen and oxygen atoms in total. The third-order valence-corrected chi connectivity index (χ3v) is 5.08. The molecule has 1 aliphatic rings. The molecule has 1 amide bonds. The van der Waals surface area contributed by atoms with Gasteiger partial charge in [-0.15, -0.1) is 0 Å². The topological polar surface area (TPSA) is 76.1 Å². The molecule has 1 heterocycles. The van der Waals surface area contributed by atoms with E-state index in [0.717, 1.165) is 5.56 Å². The second-order valence-electron chi connectivity index (χ2n) is 6.58. The van der Waals surface area contributed by atoms with Crippen LogP contribution in [0.15, 0.2) is 48.5 Å². The molecule has 6 heteroatoms. The summed E-state index contributed by atoms with van der Waals surface area (Å²) in [6, 6.07) is 14.9. The summed E-state index contributed by atoms with van der Waals surface area (Å²) in [5.41, 5.74) is 1.61. The second kappa shape index (κ2) is 8.12. The fourth-order valence-corrected chi connectivity index (χ4v) is 3.66. The normalized spacial score (nSPS) is 19.0. The highest BCUT2D eigenvalue weighted by atomic mass is 16.5. The molecule has 2 atom stereocenters. The van der Waals surface area contributed by atoms with Crippen molar-refractivity contribution in [3.8, 4) is 11.5 Å². The number of hydrogen-bond donors (Lipinski definition) is 1. The van der Waals surface area contributed by atoms with Crippen molar-refractivity contribution in [3.05, 3.63) is 59.7 Å². The van der Waals surface area contributed by atoms with Crippen molar-refractivity contribution < 1.29 is 24.2 Å². The largest absolute Gasteiger partial charge is 0.496 e. The lowest BCUT2D eigenvalue weighted by atomic mass is 9.89. The van der Waals surface area contributed by atoms with Crippen molar-refractivity contribution in [2.24, 2.45) is 5.92 Å². The summed E-state index contributed by atoms with van der Waals surface area (Å²) in [5, 5.41) is 9.62. The summed E-state index contributed by atoms with van der Waals surface area (Å²) in [5.74, 6) is -0.688.